The first-order chi connectivity index (χ1) is 6.88. The fraction of sp³-hybridized carbons (Fsp3) is 0.444. The van der Waals surface area contributed by atoms with Gasteiger partial charge in [0.05, 0.1) is 12.2 Å². The standard InChI is InChI=1S/C9H13BF3NO/c1-8(2)15-9-5-3-4-6-14(9)7-10(11,12)13/h3-6,8H,7H2,1-2H3. The quantitative estimate of drug-likeness (QED) is 0.558. The summed E-state index contributed by atoms with van der Waals surface area (Å²) < 4.78 is 43.1. The summed E-state index contributed by atoms with van der Waals surface area (Å²) in [4.78, 5) is 0. The highest BCUT2D eigenvalue weighted by molar-refractivity contribution is 6.56. The zero-order chi connectivity index (χ0) is 11.5. The summed E-state index contributed by atoms with van der Waals surface area (Å²) in [6.45, 7) is -1.30. The topological polar surface area (TPSA) is 13.1 Å². The molecule has 0 aromatic carbocycles. The average Bonchev–Trinajstić information content (AvgIpc) is 2.05. The molecule has 0 aliphatic rings. The van der Waals surface area contributed by atoms with Crippen LogP contribution < -0.4 is 9.30 Å². The van der Waals surface area contributed by atoms with Crippen LogP contribution in [0.5, 0.6) is 5.88 Å². The third-order valence-corrected chi connectivity index (χ3v) is 1.66. The number of pyridine rings is 1. The molecule has 6 heteroatoms. The van der Waals surface area contributed by atoms with E-state index in [1.54, 1.807) is 26.0 Å². The van der Waals surface area contributed by atoms with Crippen LogP contribution in [0.3, 0.4) is 0 Å². The molecule has 0 fully saturated rings. The number of hydrogen-bond acceptors (Lipinski definition) is 1. The lowest BCUT2D eigenvalue weighted by molar-refractivity contribution is -0.689. The second kappa shape index (κ2) is 4.55. The summed E-state index contributed by atoms with van der Waals surface area (Å²) in [7, 11) is 0. The van der Waals surface area contributed by atoms with Crippen molar-refractivity contribution in [1.29, 1.82) is 0 Å². The Balaban J connectivity index is 2.86. The van der Waals surface area contributed by atoms with Gasteiger partial charge in [-0.05, 0) is 19.9 Å². The van der Waals surface area contributed by atoms with Crippen LogP contribution in [0.2, 0.25) is 0 Å². The molecule has 2 nitrogen and oxygen atoms in total. The number of hydrogen-bond donors (Lipinski definition) is 0. The molecule has 1 heterocycles. The van der Waals surface area contributed by atoms with Gasteiger partial charge < -0.3 is 17.7 Å². The summed E-state index contributed by atoms with van der Waals surface area (Å²) in [5.41, 5.74) is 0. The van der Waals surface area contributed by atoms with Crippen molar-refractivity contribution in [2.75, 3.05) is 0 Å². The maximum Gasteiger partial charge on any atom is 0.542 e. The minimum absolute atomic E-state index is 0.139. The van der Waals surface area contributed by atoms with E-state index in [9.17, 15) is 12.9 Å². The van der Waals surface area contributed by atoms with E-state index in [-0.39, 0.29) is 12.0 Å². The molecule has 1 aromatic heterocycles. The number of ether oxygens (including phenoxy) is 1. The second-order valence-electron chi connectivity index (χ2n) is 3.57. The van der Waals surface area contributed by atoms with Gasteiger partial charge in [0.1, 0.15) is 6.44 Å². The fourth-order valence-corrected chi connectivity index (χ4v) is 1.18. The number of rotatable bonds is 4. The predicted octanol–water partition coefficient (Wildman–Crippen LogP) is 2.15. The van der Waals surface area contributed by atoms with Crippen molar-refractivity contribution in [3.05, 3.63) is 24.4 Å². The maximum absolute atomic E-state index is 12.2. The van der Waals surface area contributed by atoms with Crippen molar-refractivity contribution in [3.8, 4) is 5.88 Å². The highest BCUT2D eigenvalue weighted by Gasteiger charge is 2.31. The summed E-state index contributed by atoms with van der Waals surface area (Å²) in [5.74, 6) is 0.242. The van der Waals surface area contributed by atoms with E-state index in [0.29, 0.717) is 0 Å². The molecule has 0 saturated heterocycles. The normalized spacial score (nSPS) is 11.9. The maximum atomic E-state index is 12.2. The molecule has 0 atom stereocenters. The Labute approximate surface area is 86.7 Å². The van der Waals surface area contributed by atoms with Gasteiger partial charge in [-0.3, -0.25) is 0 Å². The molecule has 0 spiro atoms. The highest BCUT2D eigenvalue weighted by atomic mass is 19.4. The van der Waals surface area contributed by atoms with E-state index < -0.39 is 13.4 Å². The Morgan fingerprint density at radius 3 is 2.53 bits per heavy atom. The number of nitrogens with zero attached hydrogens (tertiary/aromatic N) is 1. The smallest absolute Gasteiger partial charge is 0.445 e. The lowest BCUT2D eigenvalue weighted by Gasteiger charge is -2.13. The summed E-state index contributed by atoms with van der Waals surface area (Å²) >= 11 is 0. The average molecular weight is 219 g/mol. The third kappa shape index (κ3) is 4.23. The lowest BCUT2D eigenvalue weighted by atomic mass is 9.92. The summed E-state index contributed by atoms with van der Waals surface area (Å²) in [5, 5.41) is 0. The molecule has 0 radical (unpaired) electrons. The molecular weight excluding hydrogens is 206 g/mol. The van der Waals surface area contributed by atoms with Crippen LogP contribution in [0.1, 0.15) is 13.8 Å². The van der Waals surface area contributed by atoms with Gasteiger partial charge in [0.2, 0.25) is 0 Å². The van der Waals surface area contributed by atoms with Gasteiger partial charge in [0, 0.05) is 6.07 Å². The van der Waals surface area contributed by atoms with Gasteiger partial charge >= 0.3 is 12.9 Å². The van der Waals surface area contributed by atoms with Crippen LogP contribution in [0.25, 0.3) is 0 Å². The van der Waals surface area contributed by atoms with Crippen molar-refractivity contribution < 1.29 is 22.3 Å². The van der Waals surface area contributed by atoms with Crippen LogP contribution in [0.15, 0.2) is 24.4 Å². The van der Waals surface area contributed by atoms with Crippen LogP contribution in [0.4, 0.5) is 12.9 Å². The molecule has 15 heavy (non-hydrogen) atoms. The minimum atomic E-state index is -4.85. The largest absolute Gasteiger partial charge is 0.542 e. The van der Waals surface area contributed by atoms with Gasteiger partial charge in [-0.2, -0.15) is 4.57 Å². The molecule has 0 bridgehead atoms. The Hall–Kier alpha value is -1.20. The van der Waals surface area contributed by atoms with Gasteiger partial charge in [-0.1, -0.05) is 0 Å². The van der Waals surface area contributed by atoms with Gasteiger partial charge in [-0.25, -0.2) is 0 Å². The zero-order valence-corrected chi connectivity index (χ0v) is 8.66. The Bertz CT molecular complexity index is 327. The lowest BCUT2D eigenvalue weighted by Crippen LogP contribution is -2.45. The predicted molar refractivity (Wildman–Crippen MR) is 51.5 cm³/mol. The summed E-state index contributed by atoms with van der Waals surface area (Å²) in [6, 6.07) is 4.73. The van der Waals surface area contributed by atoms with E-state index in [2.05, 4.69) is 0 Å². The minimum Gasteiger partial charge on any atom is -0.445 e. The Morgan fingerprint density at radius 1 is 1.33 bits per heavy atom. The van der Waals surface area contributed by atoms with Crippen molar-refractivity contribution in [2.24, 2.45) is 0 Å². The van der Waals surface area contributed by atoms with Gasteiger partial charge in [0.15, 0.2) is 6.20 Å². The molecule has 0 aliphatic heterocycles. The first-order valence-corrected chi connectivity index (χ1v) is 4.74. The van der Waals surface area contributed by atoms with Gasteiger partial charge in [0.25, 0.3) is 0 Å². The molecule has 84 valence electrons. The number of halogens is 3. The Morgan fingerprint density at radius 2 is 2.00 bits per heavy atom. The zero-order valence-electron chi connectivity index (χ0n) is 8.66. The van der Waals surface area contributed by atoms with Crippen molar-refractivity contribution in [2.45, 2.75) is 26.4 Å². The van der Waals surface area contributed by atoms with Crippen LogP contribution in [0, 0.1) is 0 Å². The van der Waals surface area contributed by atoms with E-state index in [1.165, 1.54) is 12.3 Å². The molecule has 1 rings (SSSR count). The van der Waals surface area contributed by atoms with Crippen molar-refractivity contribution in [3.63, 3.8) is 0 Å². The molecule has 0 saturated carbocycles. The van der Waals surface area contributed by atoms with Crippen molar-refractivity contribution >= 4 is 6.98 Å². The Kier molecular flexibility index (Phi) is 3.60. The van der Waals surface area contributed by atoms with E-state index in [4.69, 9.17) is 4.74 Å². The number of aromatic nitrogens is 1. The van der Waals surface area contributed by atoms with Crippen LogP contribution in [-0.2, 0) is 6.44 Å². The molecule has 0 aliphatic carbocycles. The van der Waals surface area contributed by atoms with E-state index in [0.717, 1.165) is 4.57 Å². The highest BCUT2D eigenvalue weighted by Crippen LogP contribution is 2.11. The van der Waals surface area contributed by atoms with E-state index >= 15 is 0 Å². The fourth-order valence-electron chi connectivity index (χ4n) is 1.18. The molecule has 0 N–H and O–H groups in total. The SMILES string of the molecule is CC(C)Oc1cccc[n+]1C[B-](F)(F)F. The third-order valence-electron chi connectivity index (χ3n) is 1.66. The first kappa shape index (κ1) is 11.9. The van der Waals surface area contributed by atoms with E-state index in [1.807, 2.05) is 0 Å². The molecule has 0 amide bonds. The van der Waals surface area contributed by atoms with Crippen molar-refractivity contribution in [1.82, 2.24) is 0 Å². The molecule has 0 unspecified atom stereocenters. The monoisotopic (exact) mass is 219 g/mol. The first-order valence-electron chi connectivity index (χ1n) is 4.74. The second-order valence-corrected chi connectivity index (χ2v) is 3.57. The molecule has 1 aromatic rings. The molecular formula is C9H13BF3NO. The summed E-state index contributed by atoms with van der Waals surface area (Å²) in [6.07, 6.45) is 0.259. The van der Waals surface area contributed by atoms with Crippen LogP contribution >= 0.6 is 0 Å². The van der Waals surface area contributed by atoms with Crippen LogP contribution in [-0.4, -0.2) is 13.1 Å². The van der Waals surface area contributed by atoms with Gasteiger partial charge in [-0.15, -0.1) is 0 Å².